The van der Waals surface area contributed by atoms with Gasteiger partial charge < -0.3 is 10.4 Å². The second-order valence-electron chi connectivity index (χ2n) is 5.06. The van der Waals surface area contributed by atoms with Crippen LogP contribution in [0.2, 0.25) is 0 Å². The molecule has 0 amide bonds. The largest absolute Gasteiger partial charge is 0.481 e. The standard InChI is InChI=1S/C13H21NO2S/c1-13(2,6-5-12(15)16)7-8-14-10-11-4-3-9-17-11/h3-4,9,14H,5-8,10H2,1-2H3,(H,15,16). The van der Waals surface area contributed by atoms with Gasteiger partial charge in [0.05, 0.1) is 0 Å². The summed E-state index contributed by atoms with van der Waals surface area (Å²) in [5.41, 5.74) is 0.0981. The van der Waals surface area contributed by atoms with Gasteiger partial charge in [-0.2, -0.15) is 0 Å². The topological polar surface area (TPSA) is 49.3 Å². The molecule has 1 heterocycles. The van der Waals surface area contributed by atoms with Crippen molar-refractivity contribution in [3.63, 3.8) is 0 Å². The molecule has 96 valence electrons. The maximum Gasteiger partial charge on any atom is 0.303 e. The number of rotatable bonds is 8. The first kappa shape index (κ1) is 14.2. The average Bonchev–Trinajstić information content (AvgIpc) is 2.75. The van der Waals surface area contributed by atoms with E-state index in [4.69, 9.17) is 5.11 Å². The average molecular weight is 255 g/mol. The minimum Gasteiger partial charge on any atom is -0.481 e. The van der Waals surface area contributed by atoms with Crippen molar-refractivity contribution >= 4 is 17.3 Å². The summed E-state index contributed by atoms with van der Waals surface area (Å²) in [5, 5.41) is 14.1. The van der Waals surface area contributed by atoms with E-state index in [2.05, 4.69) is 36.7 Å². The van der Waals surface area contributed by atoms with Crippen LogP contribution in [0.5, 0.6) is 0 Å². The summed E-state index contributed by atoms with van der Waals surface area (Å²) < 4.78 is 0. The van der Waals surface area contributed by atoms with Crippen LogP contribution in [-0.2, 0) is 11.3 Å². The lowest BCUT2D eigenvalue weighted by atomic mass is 9.84. The minimum atomic E-state index is -0.704. The van der Waals surface area contributed by atoms with Gasteiger partial charge in [-0.25, -0.2) is 0 Å². The molecule has 0 aromatic carbocycles. The molecule has 0 aliphatic heterocycles. The fourth-order valence-corrected chi connectivity index (χ4v) is 2.30. The number of carboxylic acid groups (broad SMARTS) is 1. The number of hydrogen-bond acceptors (Lipinski definition) is 3. The zero-order valence-corrected chi connectivity index (χ0v) is 11.3. The quantitative estimate of drug-likeness (QED) is 0.702. The van der Waals surface area contributed by atoms with E-state index in [-0.39, 0.29) is 11.8 Å². The van der Waals surface area contributed by atoms with Gasteiger partial charge in [0, 0.05) is 17.8 Å². The van der Waals surface area contributed by atoms with Gasteiger partial charge in [0.15, 0.2) is 0 Å². The summed E-state index contributed by atoms with van der Waals surface area (Å²) in [7, 11) is 0. The van der Waals surface area contributed by atoms with Crippen LogP contribution in [0, 0.1) is 5.41 Å². The molecular formula is C13H21NO2S. The molecule has 0 bridgehead atoms. The van der Waals surface area contributed by atoms with Crippen molar-refractivity contribution in [1.29, 1.82) is 0 Å². The zero-order chi connectivity index (χ0) is 12.7. The third-order valence-electron chi connectivity index (χ3n) is 2.87. The Balaban J connectivity index is 2.14. The fourth-order valence-electron chi connectivity index (χ4n) is 1.62. The lowest BCUT2D eigenvalue weighted by molar-refractivity contribution is -0.137. The molecular weight excluding hydrogens is 234 g/mol. The van der Waals surface area contributed by atoms with Gasteiger partial charge in [0.2, 0.25) is 0 Å². The Bertz CT molecular complexity index is 333. The van der Waals surface area contributed by atoms with Crippen LogP contribution < -0.4 is 5.32 Å². The van der Waals surface area contributed by atoms with Crippen molar-refractivity contribution in [3.8, 4) is 0 Å². The second-order valence-corrected chi connectivity index (χ2v) is 6.10. The molecule has 0 atom stereocenters. The summed E-state index contributed by atoms with van der Waals surface area (Å²) >= 11 is 1.75. The molecule has 0 fully saturated rings. The van der Waals surface area contributed by atoms with E-state index >= 15 is 0 Å². The van der Waals surface area contributed by atoms with Crippen LogP contribution in [-0.4, -0.2) is 17.6 Å². The molecule has 1 aromatic heterocycles. The van der Waals surface area contributed by atoms with E-state index in [0.29, 0.717) is 0 Å². The van der Waals surface area contributed by atoms with Gasteiger partial charge in [-0.3, -0.25) is 4.79 Å². The first-order valence-electron chi connectivity index (χ1n) is 5.94. The van der Waals surface area contributed by atoms with Gasteiger partial charge in [0.1, 0.15) is 0 Å². The SMILES string of the molecule is CC(C)(CCNCc1cccs1)CCC(=O)O. The van der Waals surface area contributed by atoms with E-state index in [1.807, 2.05) is 0 Å². The summed E-state index contributed by atoms with van der Waals surface area (Å²) in [6.45, 7) is 6.10. The Hall–Kier alpha value is -0.870. The van der Waals surface area contributed by atoms with Gasteiger partial charge in [-0.1, -0.05) is 19.9 Å². The van der Waals surface area contributed by atoms with Crippen LogP contribution in [0.15, 0.2) is 17.5 Å². The lowest BCUT2D eigenvalue weighted by Gasteiger charge is -2.23. The number of thiophene rings is 1. The van der Waals surface area contributed by atoms with Crippen LogP contribution in [0.1, 0.15) is 38.0 Å². The minimum absolute atomic E-state index is 0.0981. The highest BCUT2D eigenvalue weighted by Crippen LogP contribution is 2.26. The predicted molar refractivity (Wildman–Crippen MR) is 71.3 cm³/mol. The monoisotopic (exact) mass is 255 g/mol. The van der Waals surface area contributed by atoms with Crippen molar-refractivity contribution in [3.05, 3.63) is 22.4 Å². The van der Waals surface area contributed by atoms with Gasteiger partial charge in [-0.05, 0) is 36.2 Å². The molecule has 0 aliphatic carbocycles. The van der Waals surface area contributed by atoms with Crippen LogP contribution >= 0.6 is 11.3 Å². The summed E-state index contributed by atoms with van der Waals surface area (Å²) in [6, 6.07) is 4.17. The molecule has 3 nitrogen and oxygen atoms in total. The van der Waals surface area contributed by atoms with Crippen molar-refractivity contribution in [2.75, 3.05) is 6.54 Å². The molecule has 0 spiro atoms. The van der Waals surface area contributed by atoms with E-state index in [9.17, 15) is 4.79 Å². The molecule has 1 rings (SSSR count). The number of carboxylic acids is 1. The van der Waals surface area contributed by atoms with Gasteiger partial charge in [-0.15, -0.1) is 11.3 Å². The fraction of sp³-hybridized carbons (Fsp3) is 0.615. The normalized spacial score (nSPS) is 11.6. The molecule has 1 aromatic rings. The first-order valence-corrected chi connectivity index (χ1v) is 6.82. The van der Waals surface area contributed by atoms with Crippen molar-refractivity contribution in [2.45, 2.75) is 39.7 Å². The molecule has 0 saturated heterocycles. The van der Waals surface area contributed by atoms with Crippen molar-refractivity contribution < 1.29 is 9.90 Å². The van der Waals surface area contributed by atoms with Crippen molar-refractivity contribution in [2.24, 2.45) is 5.41 Å². The Morgan fingerprint density at radius 2 is 2.24 bits per heavy atom. The molecule has 0 radical (unpaired) electrons. The Morgan fingerprint density at radius 3 is 2.82 bits per heavy atom. The number of nitrogens with one attached hydrogen (secondary N) is 1. The molecule has 2 N–H and O–H groups in total. The Kier molecular flexibility index (Phi) is 5.65. The summed E-state index contributed by atoms with van der Waals surface area (Å²) in [4.78, 5) is 11.9. The molecule has 0 aliphatic rings. The smallest absolute Gasteiger partial charge is 0.303 e. The molecule has 17 heavy (non-hydrogen) atoms. The number of aliphatic carboxylic acids is 1. The van der Waals surface area contributed by atoms with Crippen LogP contribution in [0.4, 0.5) is 0 Å². The highest BCUT2D eigenvalue weighted by molar-refractivity contribution is 7.09. The van der Waals surface area contributed by atoms with E-state index < -0.39 is 5.97 Å². The van der Waals surface area contributed by atoms with E-state index in [0.717, 1.165) is 25.9 Å². The summed E-state index contributed by atoms with van der Waals surface area (Å²) in [6.07, 6.45) is 2.01. The maximum absolute atomic E-state index is 10.5. The summed E-state index contributed by atoms with van der Waals surface area (Å²) in [5.74, 6) is -0.704. The molecule has 0 saturated carbocycles. The van der Waals surface area contributed by atoms with E-state index in [1.54, 1.807) is 11.3 Å². The second kappa shape index (κ2) is 6.77. The number of carbonyl (C=O) groups is 1. The highest BCUT2D eigenvalue weighted by Gasteiger charge is 2.18. The van der Waals surface area contributed by atoms with Gasteiger partial charge >= 0.3 is 5.97 Å². The predicted octanol–water partition coefficient (Wildman–Crippen LogP) is 3.12. The zero-order valence-electron chi connectivity index (χ0n) is 10.5. The third kappa shape index (κ3) is 6.44. The maximum atomic E-state index is 10.5. The van der Waals surface area contributed by atoms with E-state index in [1.165, 1.54) is 4.88 Å². The Morgan fingerprint density at radius 1 is 1.47 bits per heavy atom. The highest BCUT2D eigenvalue weighted by atomic mass is 32.1. The third-order valence-corrected chi connectivity index (χ3v) is 3.75. The van der Waals surface area contributed by atoms with Crippen molar-refractivity contribution in [1.82, 2.24) is 5.32 Å². The number of hydrogen-bond donors (Lipinski definition) is 2. The van der Waals surface area contributed by atoms with Gasteiger partial charge in [0.25, 0.3) is 0 Å². The molecule has 4 heteroatoms. The van der Waals surface area contributed by atoms with Crippen LogP contribution in [0.3, 0.4) is 0 Å². The molecule has 0 unspecified atom stereocenters. The lowest BCUT2D eigenvalue weighted by Crippen LogP contribution is -2.22. The van der Waals surface area contributed by atoms with Crippen LogP contribution in [0.25, 0.3) is 0 Å². The first-order chi connectivity index (χ1) is 7.99. The Labute approximate surface area is 107 Å².